The van der Waals surface area contributed by atoms with Crippen molar-refractivity contribution in [2.24, 2.45) is 11.7 Å². The molecule has 7 heteroatoms. The molecule has 0 aromatic carbocycles. The second-order valence-corrected chi connectivity index (χ2v) is 6.75. The minimum Gasteiger partial charge on any atom is -0.391 e. The summed E-state index contributed by atoms with van der Waals surface area (Å²) >= 11 is 0. The van der Waals surface area contributed by atoms with Gasteiger partial charge in [0.1, 0.15) is 6.04 Å². The van der Waals surface area contributed by atoms with Gasteiger partial charge in [-0.05, 0) is 19.8 Å². The molecule has 0 spiro atoms. The van der Waals surface area contributed by atoms with Crippen LogP contribution in [0, 0.1) is 5.92 Å². The van der Waals surface area contributed by atoms with Crippen molar-refractivity contribution in [3.8, 4) is 0 Å². The molecule has 0 aromatic heterocycles. The number of rotatable bonds is 12. The first-order valence-corrected chi connectivity index (χ1v) is 8.52. The lowest BCUT2D eigenvalue weighted by Gasteiger charge is -2.26. The van der Waals surface area contributed by atoms with Crippen molar-refractivity contribution in [2.45, 2.75) is 71.7 Å². The van der Waals surface area contributed by atoms with Crippen molar-refractivity contribution in [3.63, 3.8) is 0 Å². The summed E-state index contributed by atoms with van der Waals surface area (Å²) in [5.41, 5.74) is 5.44. The van der Waals surface area contributed by atoms with Gasteiger partial charge in [-0.1, -0.05) is 34.3 Å². The summed E-state index contributed by atoms with van der Waals surface area (Å²) in [6.45, 7) is 13.1. The number of carbonyl (C=O) groups is 2. The average Bonchev–Trinajstić information content (AvgIpc) is 2.45. The highest BCUT2D eigenvalue weighted by molar-refractivity contribution is 5.92. The van der Waals surface area contributed by atoms with Gasteiger partial charge in [-0.15, -0.1) is 0 Å². The predicted octanol–water partition coefficient (Wildman–Crippen LogP) is 0.243. The first-order valence-electron chi connectivity index (χ1n) is 8.52. The van der Waals surface area contributed by atoms with Crippen LogP contribution in [0.15, 0.2) is 12.4 Å². The van der Waals surface area contributed by atoms with Crippen LogP contribution < -0.4 is 21.7 Å². The molecule has 0 saturated carbocycles. The molecule has 0 heterocycles. The van der Waals surface area contributed by atoms with Crippen LogP contribution in [-0.4, -0.2) is 47.6 Å². The molecule has 0 fully saturated rings. The molecular weight excluding hydrogens is 308 g/mol. The maximum atomic E-state index is 12.5. The first-order chi connectivity index (χ1) is 11.1. The fourth-order valence-corrected chi connectivity index (χ4v) is 2.30. The summed E-state index contributed by atoms with van der Waals surface area (Å²) in [5.74, 6) is -0.199. The third-order valence-electron chi connectivity index (χ3n) is 3.53. The molecule has 0 aliphatic heterocycles. The Kier molecular flexibility index (Phi) is 10.3. The monoisotopic (exact) mass is 342 g/mol. The summed E-state index contributed by atoms with van der Waals surface area (Å²) < 4.78 is 0. The number of nitrogens with one attached hydrogen (secondary N) is 3. The topological polar surface area (TPSA) is 116 Å². The summed E-state index contributed by atoms with van der Waals surface area (Å²) in [6.07, 6.45) is 0.304. The van der Waals surface area contributed by atoms with Crippen molar-refractivity contribution in [1.82, 2.24) is 16.0 Å². The summed E-state index contributed by atoms with van der Waals surface area (Å²) in [4.78, 5) is 24.8. The number of ketones is 1. The molecule has 1 amide bonds. The second-order valence-electron chi connectivity index (χ2n) is 6.75. The number of hydrogen-bond donors (Lipinski definition) is 5. The summed E-state index contributed by atoms with van der Waals surface area (Å²) in [5, 5.41) is 18.5. The quantitative estimate of drug-likeness (QED) is 0.325. The third-order valence-corrected chi connectivity index (χ3v) is 3.53. The number of aliphatic hydroxyl groups is 1. The van der Waals surface area contributed by atoms with Gasteiger partial charge in [-0.3, -0.25) is 9.59 Å². The van der Waals surface area contributed by atoms with E-state index < -0.39 is 18.2 Å². The van der Waals surface area contributed by atoms with E-state index in [0.717, 1.165) is 0 Å². The summed E-state index contributed by atoms with van der Waals surface area (Å²) in [7, 11) is 0. The Labute approximate surface area is 145 Å². The van der Waals surface area contributed by atoms with Crippen molar-refractivity contribution < 1.29 is 14.7 Å². The number of hydrogen-bond acceptors (Lipinski definition) is 6. The van der Waals surface area contributed by atoms with Crippen LogP contribution in [0.5, 0.6) is 0 Å². The zero-order valence-corrected chi connectivity index (χ0v) is 15.6. The van der Waals surface area contributed by atoms with Crippen molar-refractivity contribution in [2.75, 3.05) is 6.54 Å². The summed E-state index contributed by atoms with van der Waals surface area (Å²) in [6, 6.07) is -1.30. The molecule has 24 heavy (non-hydrogen) atoms. The maximum Gasteiger partial charge on any atom is 0.240 e. The van der Waals surface area contributed by atoms with Crippen LogP contribution in [0.1, 0.15) is 47.5 Å². The molecular formula is C17H34N4O3. The largest absolute Gasteiger partial charge is 0.391 e. The minimum absolute atomic E-state index is 0.0242. The van der Waals surface area contributed by atoms with Crippen molar-refractivity contribution in [3.05, 3.63) is 12.4 Å². The van der Waals surface area contributed by atoms with E-state index in [2.05, 4.69) is 22.5 Å². The maximum absolute atomic E-state index is 12.5. The Morgan fingerprint density at radius 1 is 1.17 bits per heavy atom. The molecule has 7 nitrogen and oxygen atoms in total. The molecule has 3 atom stereocenters. The molecule has 0 aliphatic rings. The van der Waals surface area contributed by atoms with Gasteiger partial charge in [0.2, 0.25) is 5.91 Å². The van der Waals surface area contributed by atoms with Crippen LogP contribution in [0.25, 0.3) is 0 Å². The SMILES string of the molecule is C=C(N)NCCC[C@H](NC(=O)[C@@H](NC(C)C)C(C)O)C(=O)C(C)C. The van der Waals surface area contributed by atoms with Crippen LogP contribution in [0.2, 0.25) is 0 Å². The second kappa shape index (κ2) is 11.0. The fourth-order valence-electron chi connectivity index (χ4n) is 2.30. The zero-order valence-electron chi connectivity index (χ0n) is 15.6. The number of Topliss-reactive ketones (excluding diaryl/α,β-unsaturated/α-hetero) is 1. The van der Waals surface area contributed by atoms with Gasteiger partial charge in [0.25, 0.3) is 0 Å². The normalized spacial score (nSPS) is 15.0. The molecule has 0 rings (SSSR count). The van der Waals surface area contributed by atoms with Crippen molar-refractivity contribution >= 4 is 11.7 Å². The zero-order chi connectivity index (χ0) is 18.9. The lowest BCUT2D eigenvalue weighted by Crippen LogP contribution is -2.56. The molecule has 0 aromatic rings. The molecule has 6 N–H and O–H groups in total. The molecule has 0 aliphatic carbocycles. The minimum atomic E-state index is -0.857. The van der Waals surface area contributed by atoms with Crippen LogP contribution in [0.3, 0.4) is 0 Å². The van der Waals surface area contributed by atoms with E-state index >= 15 is 0 Å². The standard InChI is InChI=1S/C17H34N4O3/c1-10(2)16(23)14(8-7-9-19-13(6)18)21-17(24)15(12(5)22)20-11(3)4/h10-12,14-15,19-20,22H,6-9,18H2,1-5H3,(H,21,24)/t12?,14-,15-/m0/s1. The highest BCUT2D eigenvalue weighted by Gasteiger charge is 2.29. The van der Waals surface area contributed by atoms with Crippen LogP contribution >= 0.6 is 0 Å². The highest BCUT2D eigenvalue weighted by Crippen LogP contribution is 2.07. The van der Waals surface area contributed by atoms with E-state index in [1.807, 2.05) is 13.8 Å². The van der Waals surface area contributed by atoms with Gasteiger partial charge in [-0.25, -0.2) is 0 Å². The highest BCUT2D eigenvalue weighted by atomic mass is 16.3. The average molecular weight is 342 g/mol. The fraction of sp³-hybridized carbons (Fsp3) is 0.765. The number of nitrogens with two attached hydrogens (primary N) is 1. The lowest BCUT2D eigenvalue weighted by molar-refractivity contribution is -0.132. The number of carbonyl (C=O) groups excluding carboxylic acids is 2. The Morgan fingerprint density at radius 3 is 2.17 bits per heavy atom. The smallest absolute Gasteiger partial charge is 0.240 e. The van der Waals surface area contributed by atoms with Gasteiger partial charge in [0.15, 0.2) is 5.78 Å². The van der Waals surface area contributed by atoms with E-state index in [4.69, 9.17) is 5.73 Å². The van der Waals surface area contributed by atoms with Gasteiger partial charge in [0, 0.05) is 18.5 Å². The first kappa shape index (κ1) is 22.4. The Bertz CT molecular complexity index is 422. The Morgan fingerprint density at radius 2 is 1.75 bits per heavy atom. The van der Waals surface area contributed by atoms with E-state index in [-0.39, 0.29) is 23.7 Å². The van der Waals surface area contributed by atoms with Gasteiger partial charge in [0.05, 0.1) is 18.0 Å². The van der Waals surface area contributed by atoms with E-state index in [9.17, 15) is 14.7 Å². The van der Waals surface area contributed by atoms with E-state index in [1.165, 1.54) is 0 Å². The number of aliphatic hydroxyl groups excluding tert-OH is 1. The van der Waals surface area contributed by atoms with Gasteiger partial charge >= 0.3 is 0 Å². The molecule has 0 saturated heterocycles. The van der Waals surface area contributed by atoms with E-state index in [1.54, 1.807) is 20.8 Å². The number of amides is 1. The van der Waals surface area contributed by atoms with Crippen LogP contribution in [0.4, 0.5) is 0 Å². The van der Waals surface area contributed by atoms with Crippen molar-refractivity contribution in [1.29, 1.82) is 0 Å². The van der Waals surface area contributed by atoms with Crippen LogP contribution in [-0.2, 0) is 9.59 Å². The molecule has 0 bridgehead atoms. The Hall–Kier alpha value is -1.60. The molecule has 0 radical (unpaired) electrons. The third kappa shape index (κ3) is 8.88. The van der Waals surface area contributed by atoms with Gasteiger partial charge in [-0.2, -0.15) is 0 Å². The van der Waals surface area contributed by atoms with E-state index in [0.29, 0.717) is 25.2 Å². The molecule has 140 valence electrons. The Balaban J connectivity index is 4.85. The lowest BCUT2D eigenvalue weighted by atomic mass is 9.97. The van der Waals surface area contributed by atoms with Gasteiger partial charge < -0.3 is 26.8 Å². The predicted molar refractivity (Wildman–Crippen MR) is 96.1 cm³/mol. The molecule has 1 unspecified atom stereocenters.